The van der Waals surface area contributed by atoms with Gasteiger partial charge in [0, 0.05) is 24.7 Å². The summed E-state index contributed by atoms with van der Waals surface area (Å²) in [5.74, 6) is -2.61. The highest BCUT2D eigenvalue weighted by molar-refractivity contribution is 5.78. The number of ether oxygens (including phenoxy) is 1. The van der Waals surface area contributed by atoms with Crippen LogP contribution >= 0.6 is 0 Å². The molecule has 7 heteroatoms. The van der Waals surface area contributed by atoms with E-state index in [2.05, 4.69) is 4.98 Å². The Bertz CT molecular complexity index is 693. The van der Waals surface area contributed by atoms with Gasteiger partial charge < -0.3 is 14.4 Å². The monoisotopic (exact) mass is 296 g/mol. The van der Waals surface area contributed by atoms with Crippen LogP contribution in [0.3, 0.4) is 0 Å². The first-order valence-electron chi connectivity index (χ1n) is 6.71. The van der Waals surface area contributed by atoms with E-state index in [1.807, 2.05) is 0 Å². The molecular formula is C14H14F2N2O3. The summed E-state index contributed by atoms with van der Waals surface area (Å²) in [6, 6.07) is 1.99. The minimum atomic E-state index is -1.06. The van der Waals surface area contributed by atoms with E-state index in [0.717, 1.165) is 25.0 Å². The van der Waals surface area contributed by atoms with E-state index in [1.54, 1.807) is 0 Å². The molecule has 0 spiro atoms. The number of imidazole rings is 1. The highest BCUT2D eigenvalue weighted by atomic mass is 19.2. The molecule has 1 aromatic heterocycles. The molecule has 21 heavy (non-hydrogen) atoms. The summed E-state index contributed by atoms with van der Waals surface area (Å²) in [5, 5.41) is 9.04. The van der Waals surface area contributed by atoms with E-state index < -0.39 is 17.6 Å². The number of carbonyl (C=O) groups is 1. The number of benzene rings is 1. The molecule has 0 amide bonds. The van der Waals surface area contributed by atoms with Crippen molar-refractivity contribution in [1.82, 2.24) is 9.55 Å². The molecule has 0 aliphatic carbocycles. The third-order valence-electron chi connectivity index (χ3n) is 3.64. The van der Waals surface area contributed by atoms with Crippen LogP contribution in [-0.4, -0.2) is 33.8 Å². The van der Waals surface area contributed by atoms with Crippen LogP contribution in [0.2, 0.25) is 0 Å². The van der Waals surface area contributed by atoms with E-state index in [1.165, 1.54) is 4.57 Å². The molecule has 3 rings (SSSR count). The number of aliphatic carboxylic acids is 1. The van der Waals surface area contributed by atoms with Crippen molar-refractivity contribution in [2.24, 2.45) is 0 Å². The van der Waals surface area contributed by atoms with Crippen LogP contribution < -0.4 is 0 Å². The molecule has 0 radical (unpaired) electrons. The normalized spacial score (nSPS) is 19.0. The Labute approximate surface area is 119 Å². The number of carboxylic acids is 1. The Hall–Kier alpha value is -2.02. The van der Waals surface area contributed by atoms with Gasteiger partial charge in [-0.25, -0.2) is 13.8 Å². The van der Waals surface area contributed by atoms with Gasteiger partial charge in [-0.3, -0.25) is 4.79 Å². The van der Waals surface area contributed by atoms with Gasteiger partial charge in [-0.2, -0.15) is 0 Å². The molecule has 0 saturated carbocycles. The quantitative estimate of drug-likeness (QED) is 0.944. The highest BCUT2D eigenvalue weighted by Crippen LogP contribution is 2.29. The zero-order chi connectivity index (χ0) is 15.0. The summed E-state index contributed by atoms with van der Waals surface area (Å²) in [5.41, 5.74) is 0.549. The fraction of sp³-hybridized carbons (Fsp3) is 0.429. The second kappa shape index (κ2) is 5.40. The van der Waals surface area contributed by atoms with Crippen LogP contribution in [0.15, 0.2) is 12.1 Å². The third-order valence-corrected chi connectivity index (χ3v) is 3.64. The van der Waals surface area contributed by atoms with Crippen LogP contribution in [-0.2, 0) is 16.1 Å². The largest absolute Gasteiger partial charge is 0.480 e. The lowest BCUT2D eigenvalue weighted by Crippen LogP contribution is -2.21. The minimum Gasteiger partial charge on any atom is -0.480 e. The van der Waals surface area contributed by atoms with Gasteiger partial charge in [0.1, 0.15) is 12.4 Å². The lowest BCUT2D eigenvalue weighted by molar-refractivity contribution is -0.137. The summed E-state index contributed by atoms with van der Waals surface area (Å²) in [7, 11) is 0. The molecule has 1 aliphatic rings. The predicted octanol–water partition coefficient (Wildman–Crippen LogP) is 2.29. The molecule has 2 aromatic rings. The van der Waals surface area contributed by atoms with Gasteiger partial charge in [0.05, 0.1) is 17.6 Å². The summed E-state index contributed by atoms with van der Waals surface area (Å²) in [6.07, 6.45) is 1.66. The molecule has 1 aliphatic heterocycles. The number of hydrogen-bond donors (Lipinski definition) is 1. The van der Waals surface area contributed by atoms with Gasteiger partial charge in [0.15, 0.2) is 11.6 Å². The third kappa shape index (κ3) is 2.61. The molecule has 1 fully saturated rings. The van der Waals surface area contributed by atoms with Crippen LogP contribution in [0.1, 0.15) is 24.6 Å². The average molecular weight is 296 g/mol. The fourth-order valence-electron chi connectivity index (χ4n) is 2.70. The molecule has 112 valence electrons. The van der Waals surface area contributed by atoms with Gasteiger partial charge >= 0.3 is 5.97 Å². The number of aromatic nitrogens is 2. The molecule has 1 aromatic carbocycles. The van der Waals surface area contributed by atoms with Crippen molar-refractivity contribution in [3.63, 3.8) is 0 Å². The average Bonchev–Trinajstić information content (AvgIpc) is 2.78. The SMILES string of the molecule is O=C(O)Cn1c(C2CCCOC2)nc2cc(F)c(F)cc21. The number of rotatable bonds is 3. The summed E-state index contributed by atoms with van der Waals surface area (Å²) in [6.45, 7) is 0.764. The zero-order valence-electron chi connectivity index (χ0n) is 11.2. The maximum Gasteiger partial charge on any atom is 0.323 e. The minimum absolute atomic E-state index is 0.0587. The number of nitrogens with zero attached hydrogens (tertiary/aromatic N) is 2. The molecule has 0 bridgehead atoms. The van der Waals surface area contributed by atoms with Crippen molar-refractivity contribution in [2.45, 2.75) is 25.3 Å². The smallest absolute Gasteiger partial charge is 0.323 e. The molecular weight excluding hydrogens is 282 g/mol. The van der Waals surface area contributed by atoms with Gasteiger partial charge in [0.2, 0.25) is 0 Å². The standard InChI is InChI=1S/C14H14F2N2O3/c15-9-4-11-12(5-10(9)16)18(6-13(19)20)14(17-11)8-2-1-3-21-7-8/h4-5,8H,1-3,6-7H2,(H,19,20). The summed E-state index contributed by atoms with van der Waals surface area (Å²) in [4.78, 5) is 15.4. The van der Waals surface area contributed by atoms with Crippen molar-refractivity contribution in [1.29, 1.82) is 0 Å². The summed E-state index contributed by atoms with van der Waals surface area (Å²) >= 11 is 0. The topological polar surface area (TPSA) is 64.3 Å². The number of hydrogen-bond acceptors (Lipinski definition) is 3. The highest BCUT2D eigenvalue weighted by Gasteiger charge is 2.24. The molecule has 1 atom stereocenters. The van der Waals surface area contributed by atoms with Gasteiger partial charge in [0.25, 0.3) is 0 Å². The first-order valence-corrected chi connectivity index (χ1v) is 6.71. The fourth-order valence-corrected chi connectivity index (χ4v) is 2.70. The first kappa shape index (κ1) is 13.9. The van der Waals surface area contributed by atoms with E-state index in [9.17, 15) is 13.6 Å². The van der Waals surface area contributed by atoms with Gasteiger partial charge in [-0.05, 0) is 12.8 Å². The van der Waals surface area contributed by atoms with Crippen molar-refractivity contribution >= 4 is 17.0 Å². The second-order valence-corrected chi connectivity index (χ2v) is 5.12. The molecule has 2 heterocycles. The van der Waals surface area contributed by atoms with E-state index in [0.29, 0.717) is 19.0 Å². The van der Waals surface area contributed by atoms with Crippen molar-refractivity contribution in [2.75, 3.05) is 13.2 Å². The molecule has 1 saturated heterocycles. The number of carboxylic acid groups (broad SMARTS) is 1. The van der Waals surface area contributed by atoms with Crippen LogP contribution in [0.25, 0.3) is 11.0 Å². The summed E-state index contributed by atoms with van der Waals surface area (Å²) < 4.78 is 33.6. The van der Waals surface area contributed by atoms with Crippen LogP contribution in [0, 0.1) is 11.6 Å². The number of halogens is 2. The van der Waals surface area contributed by atoms with E-state index >= 15 is 0 Å². The van der Waals surface area contributed by atoms with Crippen molar-refractivity contribution in [3.8, 4) is 0 Å². The number of fused-ring (bicyclic) bond motifs is 1. The predicted molar refractivity (Wildman–Crippen MR) is 70.1 cm³/mol. The zero-order valence-corrected chi connectivity index (χ0v) is 11.2. The second-order valence-electron chi connectivity index (χ2n) is 5.12. The lowest BCUT2D eigenvalue weighted by atomic mass is 10.0. The Morgan fingerprint density at radius 1 is 1.43 bits per heavy atom. The lowest BCUT2D eigenvalue weighted by Gasteiger charge is -2.22. The van der Waals surface area contributed by atoms with E-state index in [4.69, 9.17) is 9.84 Å². The van der Waals surface area contributed by atoms with Crippen LogP contribution in [0.5, 0.6) is 0 Å². The molecule has 1 N–H and O–H groups in total. The van der Waals surface area contributed by atoms with Crippen molar-refractivity contribution in [3.05, 3.63) is 29.6 Å². The first-order chi connectivity index (χ1) is 10.1. The maximum atomic E-state index is 13.4. The Morgan fingerprint density at radius 3 is 2.86 bits per heavy atom. The van der Waals surface area contributed by atoms with Crippen LogP contribution in [0.4, 0.5) is 8.78 Å². The van der Waals surface area contributed by atoms with Crippen molar-refractivity contribution < 1.29 is 23.4 Å². The Balaban J connectivity index is 2.14. The Morgan fingerprint density at radius 2 is 2.19 bits per heavy atom. The van der Waals surface area contributed by atoms with Gasteiger partial charge in [-0.1, -0.05) is 0 Å². The van der Waals surface area contributed by atoms with Gasteiger partial charge in [-0.15, -0.1) is 0 Å². The maximum absolute atomic E-state index is 13.4. The Kier molecular flexibility index (Phi) is 3.59. The van der Waals surface area contributed by atoms with E-state index in [-0.39, 0.29) is 23.5 Å². The molecule has 1 unspecified atom stereocenters. The molecule has 5 nitrogen and oxygen atoms in total.